The number of amides is 2. The van der Waals surface area contributed by atoms with E-state index in [0.29, 0.717) is 6.42 Å². The number of methoxy groups -OCH3 is 1. The Balaban J connectivity index is 1.53. The van der Waals surface area contributed by atoms with Gasteiger partial charge in [-0.1, -0.05) is 6.07 Å². The van der Waals surface area contributed by atoms with Gasteiger partial charge in [0.1, 0.15) is 5.82 Å². The first-order valence-corrected chi connectivity index (χ1v) is 8.00. The van der Waals surface area contributed by atoms with Gasteiger partial charge in [0.05, 0.1) is 19.1 Å². The van der Waals surface area contributed by atoms with E-state index in [0.717, 1.165) is 36.8 Å². The molecule has 2 amide bonds. The van der Waals surface area contributed by atoms with Crippen LogP contribution in [0.5, 0.6) is 0 Å². The molecule has 0 aliphatic heterocycles. The zero-order valence-electron chi connectivity index (χ0n) is 13.1. The number of ether oxygens (including phenoxy) is 1. The molecule has 1 fully saturated rings. The third-order valence-corrected chi connectivity index (χ3v) is 4.79. The third-order valence-electron chi connectivity index (χ3n) is 4.79. The molecule has 0 heterocycles. The Morgan fingerprint density at radius 1 is 1.22 bits per heavy atom. The molecule has 1 aromatic carbocycles. The maximum atomic E-state index is 13.2. The number of fused-ring (bicyclic) bond motifs is 1. The minimum Gasteiger partial charge on any atom is -0.469 e. The van der Waals surface area contributed by atoms with E-state index in [1.165, 1.54) is 19.2 Å². The second-order valence-corrected chi connectivity index (χ2v) is 6.28. The highest BCUT2D eigenvalue weighted by Gasteiger charge is 2.32. The van der Waals surface area contributed by atoms with Crippen molar-refractivity contribution in [3.8, 4) is 0 Å². The molecule has 0 aromatic heterocycles. The largest absolute Gasteiger partial charge is 0.469 e. The van der Waals surface area contributed by atoms with Gasteiger partial charge in [-0.15, -0.1) is 0 Å². The Bertz CT molecular complexity index is 620. The summed E-state index contributed by atoms with van der Waals surface area (Å²) in [6, 6.07) is 4.38. The van der Waals surface area contributed by atoms with E-state index in [2.05, 4.69) is 10.6 Å². The van der Waals surface area contributed by atoms with Gasteiger partial charge in [0.25, 0.3) is 0 Å². The van der Waals surface area contributed by atoms with Gasteiger partial charge in [-0.2, -0.15) is 0 Å². The second-order valence-electron chi connectivity index (χ2n) is 6.28. The van der Waals surface area contributed by atoms with Crippen LogP contribution >= 0.6 is 0 Å². The molecule has 2 aliphatic rings. The number of esters is 1. The molecular formula is C17H21FN2O3. The summed E-state index contributed by atoms with van der Waals surface area (Å²) in [7, 11) is 1.39. The molecule has 0 spiro atoms. The van der Waals surface area contributed by atoms with Crippen LogP contribution in [0.1, 0.15) is 42.9 Å². The average molecular weight is 320 g/mol. The van der Waals surface area contributed by atoms with E-state index in [4.69, 9.17) is 4.74 Å². The van der Waals surface area contributed by atoms with E-state index in [-0.39, 0.29) is 35.8 Å². The lowest BCUT2D eigenvalue weighted by molar-refractivity contribution is -0.145. The van der Waals surface area contributed by atoms with Crippen molar-refractivity contribution in [3.05, 3.63) is 35.1 Å². The number of hydrogen-bond donors (Lipinski definition) is 2. The highest BCUT2D eigenvalue weighted by Crippen LogP contribution is 2.31. The quantitative estimate of drug-likeness (QED) is 0.841. The van der Waals surface area contributed by atoms with E-state index >= 15 is 0 Å². The van der Waals surface area contributed by atoms with Crippen molar-refractivity contribution in [2.45, 2.75) is 44.2 Å². The number of carbonyl (C=O) groups is 2. The first kappa shape index (κ1) is 15.8. The van der Waals surface area contributed by atoms with Crippen LogP contribution in [0.25, 0.3) is 0 Å². The van der Waals surface area contributed by atoms with Crippen LogP contribution in [0.4, 0.5) is 9.18 Å². The van der Waals surface area contributed by atoms with Crippen LogP contribution < -0.4 is 10.6 Å². The van der Waals surface area contributed by atoms with Crippen LogP contribution in [-0.2, 0) is 16.0 Å². The summed E-state index contributed by atoms with van der Waals surface area (Å²) in [5.74, 6) is -0.574. The zero-order valence-corrected chi connectivity index (χ0v) is 13.1. The number of urea groups is 1. The molecule has 0 unspecified atom stereocenters. The lowest BCUT2D eigenvalue weighted by Crippen LogP contribution is -2.42. The molecule has 6 heteroatoms. The van der Waals surface area contributed by atoms with Gasteiger partial charge >= 0.3 is 12.0 Å². The third kappa shape index (κ3) is 3.46. The van der Waals surface area contributed by atoms with Crippen LogP contribution in [0.15, 0.2) is 18.2 Å². The van der Waals surface area contributed by atoms with Crippen LogP contribution in [-0.4, -0.2) is 25.2 Å². The highest BCUT2D eigenvalue weighted by atomic mass is 19.1. The molecule has 23 heavy (non-hydrogen) atoms. The lowest BCUT2D eigenvalue weighted by atomic mass is 10.1. The number of aryl methyl sites for hydroxylation is 1. The molecule has 2 N–H and O–H groups in total. The van der Waals surface area contributed by atoms with Gasteiger partial charge < -0.3 is 15.4 Å². The fraction of sp³-hybridized carbons (Fsp3) is 0.529. The molecule has 1 aromatic rings. The highest BCUT2D eigenvalue weighted by molar-refractivity contribution is 5.76. The lowest BCUT2D eigenvalue weighted by Gasteiger charge is -2.18. The number of benzene rings is 1. The van der Waals surface area contributed by atoms with Crippen molar-refractivity contribution >= 4 is 12.0 Å². The van der Waals surface area contributed by atoms with Crippen molar-refractivity contribution in [1.29, 1.82) is 0 Å². The van der Waals surface area contributed by atoms with Gasteiger partial charge in [-0.3, -0.25) is 4.79 Å². The molecule has 0 saturated heterocycles. The number of halogens is 1. The van der Waals surface area contributed by atoms with Crippen molar-refractivity contribution < 1.29 is 18.7 Å². The fourth-order valence-corrected chi connectivity index (χ4v) is 3.61. The normalized spacial score (nSPS) is 25.7. The van der Waals surface area contributed by atoms with Crippen molar-refractivity contribution in [1.82, 2.24) is 10.6 Å². The summed E-state index contributed by atoms with van der Waals surface area (Å²) < 4.78 is 18.0. The maximum absolute atomic E-state index is 13.2. The Hall–Kier alpha value is -2.11. The summed E-state index contributed by atoms with van der Waals surface area (Å²) in [6.07, 6.45) is 3.68. The summed E-state index contributed by atoms with van der Waals surface area (Å²) in [6.45, 7) is 0. The number of nitrogens with one attached hydrogen (secondary N) is 2. The van der Waals surface area contributed by atoms with Crippen molar-refractivity contribution in [2.75, 3.05) is 7.11 Å². The van der Waals surface area contributed by atoms with Crippen molar-refractivity contribution in [2.24, 2.45) is 5.92 Å². The van der Waals surface area contributed by atoms with Gasteiger partial charge in [-0.25, -0.2) is 9.18 Å². The smallest absolute Gasteiger partial charge is 0.315 e. The van der Waals surface area contributed by atoms with Gasteiger partial charge in [0.2, 0.25) is 0 Å². The Morgan fingerprint density at radius 3 is 2.83 bits per heavy atom. The molecule has 5 nitrogen and oxygen atoms in total. The molecule has 0 bridgehead atoms. The van der Waals surface area contributed by atoms with Crippen LogP contribution in [0.2, 0.25) is 0 Å². The number of carbonyl (C=O) groups excluding carboxylic acids is 2. The Morgan fingerprint density at radius 2 is 2.04 bits per heavy atom. The standard InChI is InChI=1S/C17H21FN2O3/c1-23-16(21)11-2-5-13(9-11)19-17(22)20-15-7-3-10-8-12(18)4-6-14(10)15/h4,6,8,11,13,15H,2-3,5,7,9H2,1H3,(H2,19,20,22)/t11-,13+,15-/m0/s1. The topological polar surface area (TPSA) is 67.4 Å². The maximum Gasteiger partial charge on any atom is 0.315 e. The monoisotopic (exact) mass is 320 g/mol. The summed E-state index contributed by atoms with van der Waals surface area (Å²) >= 11 is 0. The van der Waals surface area contributed by atoms with Gasteiger partial charge in [0, 0.05) is 6.04 Å². The molecule has 124 valence electrons. The average Bonchev–Trinajstić information content (AvgIpc) is 3.14. The number of hydrogen-bond acceptors (Lipinski definition) is 3. The fourth-order valence-electron chi connectivity index (χ4n) is 3.61. The molecule has 3 atom stereocenters. The predicted octanol–water partition coefficient (Wildman–Crippen LogP) is 2.45. The molecule has 2 aliphatic carbocycles. The minimum absolute atomic E-state index is 0.00630. The molecule has 3 rings (SSSR count). The first-order chi connectivity index (χ1) is 11.1. The molecule has 1 saturated carbocycles. The van der Waals surface area contributed by atoms with Gasteiger partial charge in [0.15, 0.2) is 0 Å². The van der Waals surface area contributed by atoms with E-state index in [9.17, 15) is 14.0 Å². The second kappa shape index (κ2) is 6.56. The van der Waals surface area contributed by atoms with Crippen LogP contribution in [0, 0.1) is 11.7 Å². The molecular weight excluding hydrogens is 299 g/mol. The summed E-state index contributed by atoms with van der Waals surface area (Å²) in [4.78, 5) is 23.7. The molecule has 0 radical (unpaired) electrons. The Labute approximate surface area is 134 Å². The zero-order chi connectivity index (χ0) is 16.4. The van der Waals surface area contributed by atoms with Crippen LogP contribution in [0.3, 0.4) is 0 Å². The van der Waals surface area contributed by atoms with Gasteiger partial charge in [-0.05, 0) is 55.4 Å². The van der Waals surface area contributed by atoms with E-state index < -0.39 is 0 Å². The minimum atomic E-state index is -0.242. The predicted molar refractivity (Wildman–Crippen MR) is 82.3 cm³/mol. The first-order valence-electron chi connectivity index (χ1n) is 8.00. The summed E-state index contributed by atoms with van der Waals surface area (Å²) in [5, 5.41) is 5.88. The van der Waals surface area contributed by atoms with Crippen molar-refractivity contribution in [3.63, 3.8) is 0 Å². The number of rotatable bonds is 3. The SMILES string of the molecule is COC(=O)[C@H]1CC[C@@H](NC(=O)N[C@H]2CCc3cc(F)ccc32)C1. The Kier molecular flexibility index (Phi) is 4.50. The van der Waals surface area contributed by atoms with E-state index in [1.54, 1.807) is 6.07 Å². The summed E-state index contributed by atoms with van der Waals surface area (Å²) in [5.41, 5.74) is 1.95. The van der Waals surface area contributed by atoms with E-state index in [1.807, 2.05) is 0 Å².